The number of nitriles is 1. The summed E-state index contributed by atoms with van der Waals surface area (Å²) < 4.78 is 34.9. The molecular weight excluding hydrogens is 390 g/mol. The lowest BCUT2D eigenvalue weighted by Gasteiger charge is -2.19. The number of nitrogens with zero attached hydrogens (tertiary/aromatic N) is 3. The van der Waals surface area contributed by atoms with Gasteiger partial charge in [0.25, 0.3) is 0 Å². The van der Waals surface area contributed by atoms with E-state index in [4.69, 9.17) is 10.00 Å². The largest absolute Gasteiger partial charge is 0.444 e. The zero-order valence-electron chi connectivity index (χ0n) is 16.7. The second-order valence-corrected chi connectivity index (χ2v) is 7.58. The Morgan fingerprint density at radius 2 is 1.93 bits per heavy atom. The van der Waals surface area contributed by atoms with Crippen molar-refractivity contribution >= 4 is 6.09 Å². The summed E-state index contributed by atoms with van der Waals surface area (Å²) in [6.45, 7) is 5.21. The first-order valence-corrected chi connectivity index (χ1v) is 9.17. The summed E-state index contributed by atoms with van der Waals surface area (Å²) in [6.07, 6.45) is 0.996. The van der Waals surface area contributed by atoms with Crippen LogP contribution in [0.2, 0.25) is 0 Å². The molecule has 3 rings (SSSR count). The molecule has 3 aromatic rings. The maximum Gasteiger partial charge on any atom is 0.407 e. The summed E-state index contributed by atoms with van der Waals surface area (Å²) in [5.41, 5.74) is 1.07. The fourth-order valence-electron chi connectivity index (χ4n) is 2.69. The van der Waals surface area contributed by atoms with Gasteiger partial charge in [0.2, 0.25) is 0 Å². The molecule has 8 heteroatoms. The number of aromatic nitrogens is 2. The summed E-state index contributed by atoms with van der Waals surface area (Å²) in [6, 6.07) is 12.1. The van der Waals surface area contributed by atoms with Crippen LogP contribution in [0.15, 0.2) is 48.7 Å². The number of ether oxygens (including phenoxy) is 1. The average Bonchev–Trinajstić information content (AvgIpc) is 3.15. The van der Waals surface area contributed by atoms with Gasteiger partial charge in [0.05, 0.1) is 16.9 Å². The fourth-order valence-corrected chi connectivity index (χ4v) is 2.69. The molecule has 0 atom stereocenters. The number of hydrogen-bond donors (Lipinski definition) is 1. The van der Waals surface area contributed by atoms with Crippen LogP contribution < -0.4 is 5.32 Å². The molecule has 0 aliphatic rings. The molecule has 0 saturated carbocycles. The Bertz CT molecular complexity index is 1130. The van der Waals surface area contributed by atoms with Gasteiger partial charge < -0.3 is 10.1 Å². The minimum atomic E-state index is -0.637. The molecule has 0 spiro atoms. The molecule has 0 aliphatic carbocycles. The number of carbonyl (C=O) groups excluding carboxylic acids is 1. The van der Waals surface area contributed by atoms with Crippen LogP contribution >= 0.6 is 0 Å². The average molecular weight is 410 g/mol. The Kier molecular flexibility index (Phi) is 5.83. The summed E-state index contributed by atoms with van der Waals surface area (Å²) in [5, 5.41) is 15.7. The Labute approximate surface area is 172 Å². The number of hydrogen-bond acceptors (Lipinski definition) is 4. The third-order valence-electron chi connectivity index (χ3n) is 4.10. The summed E-state index contributed by atoms with van der Waals surface area (Å²) in [7, 11) is 0. The molecule has 6 nitrogen and oxygen atoms in total. The van der Waals surface area contributed by atoms with Crippen molar-refractivity contribution in [2.75, 3.05) is 0 Å². The monoisotopic (exact) mass is 410 g/mol. The van der Waals surface area contributed by atoms with E-state index in [1.807, 2.05) is 0 Å². The van der Waals surface area contributed by atoms with E-state index in [9.17, 15) is 13.6 Å². The predicted octanol–water partition coefficient (Wildman–Crippen LogP) is 4.71. The highest BCUT2D eigenvalue weighted by atomic mass is 19.1. The van der Waals surface area contributed by atoms with E-state index in [0.29, 0.717) is 22.5 Å². The molecule has 2 aromatic carbocycles. The zero-order chi connectivity index (χ0) is 21.9. The highest BCUT2D eigenvalue weighted by molar-refractivity contribution is 5.67. The number of nitrogens with one attached hydrogen (secondary N) is 1. The zero-order valence-corrected chi connectivity index (χ0v) is 16.7. The summed E-state index contributed by atoms with van der Waals surface area (Å²) in [4.78, 5) is 11.7. The lowest BCUT2D eigenvalue weighted by atomic mass is 10.1. The van der Waals surface area contributed by atoms with E-state index < -0.39 is 23.3 Å². The Hall–Kier alpha value is -3.73. The summed E-state index contributed by atoms with van der Waals surface area (Å²) >= 11 is 0. The topological polar surface area (TPSA) is 79.9 Å². The van der Waals surface area contributed by atoms with E-state index in [-0.39, 0.29) is 12.1 Å². The Morgan fingerprint density at radius 3 is 2.57 bits per heavy atom. The van der Waals surface area contributed by atoms with Crippen molar-refractivity contribution in [3.63, 3.8) is 0 Å². The van der Waals surface area contributed by atoms with E-state index in [1.54, 1.807) is 57.3 Å². The maximum absolute atomic E-state index is 14.5. The van der Waals surface area contributed by atoms with Gasteiger partial charge >= 0.3 is 6.09 Å². The number of alkyl carbamates (subject to hydrolysis) is 1. The molecule has 0 bridgehead atoms. The lowest BCUT2D eigenvalue weighted by Crippen LogP contribution is -2.32. The molecule has 0 aliphatic heterocycles. The second-order valence-electron chi connectivity index (χ2n) is 7.58. The number of benzene rings is 2. The van der Waals surface area contributed by atoms with Crippen molar-refractivity contribution < 1.29 is 18.3 Å². The van der Waals surface area contributed by atoms with E-state index in [2.05, 4.69) is 10.4 Å². The standard InChI is InChI=1S/C22H20F2N4O2/c1-22(2,3)30-21(29)26-13-16-6-7-17(11-19(16)24)28-9-8-20(27-28)14-4-5-15(12-25)18(23)10-14/h4-11H,13H2,1-3H3,(H,26,29). The molecule has 1 heterocycles. The van der Waals surface area contributed by atoms with Gasteiger partial charge in [-0.1, -0.05) is 12.1 Å². The maximum atomic E-state index is 14.5. The van der Waals surface area contributed by atoms with Crippen LogP contribution in [0.25, 0.3) is 16.9 Å². The van der Waals surface area contributed by atoms with Gasteiger partial charge in [-0.25, -0.2) is 18.3 Å². The first kappa shape index (κ1) is 21.0. The van der Waals surface area contributed by atoms with Gasteiger partial charge in [-0.05, 0) is 51.1 Å². The lowest BCUT2D eigenvalue weighted by molar-refractivity contribution is 0.0523. The molecule has 1 amide bonds. The van der Waals surface area contributed by atoms with Crippen LogP contribution in [0.5, 0.6) is 0 Å². The molecule has 0 fully saturated rings. The minimum Gasteiger partial charge on any atom is -0.444 e. The molecule has 1 N–H and O–H groups in total. The highest BCUT2D eigenvalue weighted by Gasteiger charge is 2.16. The van der Waals surface area contributed by atoms with Crippen LogP contribution in [-0.4, -0.2) is 21.5 Å². The quantitative estimate of drug-likeness (QED) is 0.675. The Morgan fingerprint density at radius 1 is 1.17 bits per heavy atom. The molecule has 0 radical (unpaired) electrons. The summed E-state index contributed by atoms with van der Waals surface area (Å²) in [5.74, 6) is -1.14. The van der Waals surface area contributed by atoms with Crippen molar-refractivity contribution in [1.82, 2.24) is 15.1 Å². The molecule has 1 aromatic heterocycles. The van der Waals surface area contributed by atoms with E-state index >= 15 is 0 Å². The molecule has 0 saturated heterocycles. The molecule has 30 heavy (non-hydrogen) atoms. The van der Waals surface area contributed by atoms with Crippen LogP contribution in [0.1, 0.15) is 31.9 Å². The van der Waals surface area contributed by atoms with Gasteiger partial charge in [0.15, 0.2) is 0 Å². The normalized spacial score (nSPS) is 11.1. The van der Waals surface area contributed by atoms with Gasteiger partial charge in [-0.3, -0.25) is 0 Å². The van der Waals surface area contributed by atoms with Crippen molar-refractivity contribution in [2.24, 2.45) is 0 Å². The van der Waals surface area contributed by atoms with Crippen LogP contribution in [0.3, 0.4) is 0 Å². The van der Waals surface area contributed by atoms with Gasteiger partial charge in [-0.15, -0.1) is 0 Å². The smallest absolute Gasteiger partial charge is 0.407 e. The van der Waals surface area contributed by atoms with Gasteiger partial charge in [0.1, 0.15) is 23.3 Å². The van der Waals surface area contributed by atoms with Crippen molar-refractivity contribution in [3.8, 4) is 23.0 Å². The molecule has 154 valence electrons. The third-order valence-corrected chi connectivity index (χ3v) is 4.10. The number of halogens is 2. The number of rotatable bonds is 4. The van der Waals surface area contributed by atoms with Gasteiger partial charge in [0, 0.05) is 23.9 Å². The second kappa shape index (κ2) is 8.33. The van der Waals surface area contributed by atoms with Gasteiger partial charge in [-0.2, -0.15) is 10.4 Å². The Balaban J connectivity index is 1.73. The predicted molar refractivity (Wildman–Crippen MR) is 107 cm³/mol. The van der Waals surface area contributed by atoms with Crippen molar-refractivity contribution in [3.05, 3.63) is 71.4 Å². The van der Waals surface area contributed by atoms with E-state index in [1.165, 1.54) is 22.9 Å². The SMILES string of the molecule is CC(C)(C)OC(=O)NCc1ccc(-n2ccc(-c3ccc(C#N)c(F)c3)n2)cc1F. The number of carbonyl (C=O) groups is 1. The first-order valence-electron chi connectivity index (χ1n) is 9.17. The molecular formula is C22H20F2N4O2. The highest BCUT2D eigenvalue weighted by Crippen LogP contribution is 2.22. The van der Waals surface area contributed by atoms with Crippen LogP contribution in [0, 0.1) is 23.0 Å². The van der Waals surface area contributed by atoms with Crippen molar-refractivity contribution in [1.29, 1.82) is 5.26 Å². The number of amides is 1. The van der Waals surface area contributed by atoms with Crippen LogP contribution in [-0.2, 0) is 11.3 Å². The van der Waals surface area contributed by atoms with E-state index in [0.717, 1.165) is 0 Å². The first-order chi connectivity index (χ1) is 14.2. The minimum absolute atomic E-state index is 0.0180. The molecule has 0 unspecified atom stereocenters. The fraction of sp³-hybridized carbons (Fsp3) is 0.227. The third kappa shape index (κ3) is 5.00. The van der Waals surface area contributed by atoms with Crippen molar-refractivity contribution in [2.45, 2.75) is 32.9 Å². The van der Waals surface area contributed by atoms with Crippen LogP contribution in [0.4, 0.5) is 13.6 Å².